The fourth-order valence-corrected chi connectivity index (χ4v) is 7.77. The van der Waals surface area contributed by atoms with E-state index in [-0.39, 0.29) is 0 Å². The Kier molecular flexibility index (Phi) is 6.93. The molecule has 186 valence electrons. The van der Waals surface area contributed by atoms with E-state index in [1.54, 1.807) is 34.9 Å². The predicted octanol–water partition coefficient (Wildman–Crippen LogP) is 8.05. The molecule has 1 fully saturated rings. The van der Waals surface area contributed by atoms with Gasteiger partial charge in [0, 0.05) is 29.1 Å². The van der Waals surface area contributed by atoms with Crippen LogP contribution in [0.1, 0.15) is 23.1 Å². The average molecular weight is 565 g/mol. The molecule has 3 nitrogen and oxygen atoms in total. The van der Waals surface area contributed by atoms with Gasteiger partial charge in [-0.05, 0) is 37.3 Å². The van der Waals surface area contributed by atoms with Crippen molar-refractivity contribution in [3.63, 3.8) is 0 Å². The number of hydrogen-bond donors (Lipinski definition) is 0. The van der Waals surface area contributed by atoms with Crippen molar-refractivity contribution in [2.24, 2.45) is 0 Å². The summed E-state index contributed by atoms with van der Waals surface area (Å²) < 4.78 is 40.8. The number of halogens is 4. The summed E-state index contributed by atoms with van der Waals surface area (Å²) in [5.74, 6) is 0. The summed E-state index contributed by atoms with van der Waals surface area (Å²) >= 11 is 11.2. The van der Waals surface area contributed by atoms with Gasteiger partial charge in [-0.15, -0.1) is 0 Å². The Bertz CT molecular complexity index is 1390. The Balaban J connectivity index is 1.42. The lowest BCUT2D eigenvalue weighted by atomic mass is 10.1. The molecule has 3 aromatic rings. The third kappa shape index (κ3) is 4.81. The number of anilines is 1. The molecule has 2 aliphatic heterocycles. The minimum atomic E-state index is -4.33. The first-order valence-electron chi connectivity index (χ1n) is 11.1. The zero-order valence-electron chi connectivity index (χ0n) is 19.5. The predicted molar refractivity (Wildman–Crippen MR) is 145 cm³/mol. The standard InChI is InChI=1S/C26H22ClF3N3S3/c1-4-33-16(2)24(25-31(3)20-10-9-19(27)13-21(20)35-25)36-23(33)14-22-32(11-12-34-22)15-17-5-7-18(8-6-17)26(28,29)30/h5-14H,2,4,15H2,1,3H3/q+1/b25-24+. The van der Waals surface area contributed by atoms with Crippen molar-refractivity contribution in [3.8, 4) is 0 Å². The third-order valence-corrected chi connectivity index (χ3v) is 9.57. The van der Waals surface area contributed by atoms with E-state index < -0.39 is 11.7 Å². The van der Waals surface area contributed by atoms with E-state index in [2.05, 4.69) is 41.0 Å². The number of nitrogens with zero attached hydrogens (tertiary/aromatic N) is 3. The van der Waals surface area contributed by atoms with E-state index in [4.69, 9.17) is 11.6 Å². The molecule has 2 aliphatic rings. The maximum atomic E-state index is 12.9. The molecular weight excluding hydrogens is 543 g/mol. The maximum Gasteiger partial charge on any atom is 0.416 e. The summed E-state index contributed by atoms with van der Waals surface area (Å²) in [4.78, 5) is 6.60. The van der Waals surface area contributed by atoms with Gasteiger partial charge in [0.2, 0.25) is 0 Å². The van der Waals surface area contributed by atoms with Crippen LogP contribution in [0.3, 0.4) is 0 Å². The second kappa shape index (κ2) is 9.85. The lowest BCUT2D eigenvalue weighted by Crippen LogP contribution is -2.34. The largest absolute Gasteiger partial charge is 0.416 e. The molecule has 1 saturated heterocycles. The first-order valence-corrected chi connectivity index (χ1v) is 14.0. The molecule has 10 heteroatoms. The summed E-state index contributed by atoms with van der Waals surface area (Å²) in [6.45, 7) is 7.74. The monoisotopic (exact) mass is 564 g/mol. The average Bonchev–Trinajstić information content (AvgIpc) is 3.49. The molecule has 0 bridgehead atoms. The van der Waals surface area contributed by atoms with Crippen molar-refractivity contribution in [1.29, 1.82) is 0 Å². The molecule has 5 rings (SSSR count). The van der Waals surface area contributed by atoms with Gasteiger partial charge < -0.3 is 9.80 Å². The minimum absolute atomic E-state index is 0.487. The molecule has 0 atom stereocenters. The van der Waals surface area contributed by atoms with Gasteiger partial charge in [0.25, 0.3) is 5.01 Å². The second-order valence-electron chi connectivity index (χ2n) is 8.25. The summed E-state index contributed by atoms with van der Waals surface area (Å²) in [6.07, 6.45) is -0.244. The van der Waals surface area contributed by atoms with Crippen molar-refractivity contribution in [2.75, 3.05) is 18.5 Å². The van der Waals surface area contributed by atoms with E-state index in [0.29, 0.717) is 11.6 Å². The van der Waals surface area contributed by atoms with Crippen molar-refractivity contribution in [3.05, 3.63) is 102 Å². The van der Waals surface area contributed by atoms with Gasteiger partial charge in [0.05, 0.1) is 43.4 Å². The fraction of sp³-hybridized carbons (Fsp3) is 0.192. The molecule has 0 unspecified atom stereocenters. The van der Waals surface area contributed by atoms with E-state index in [1.807, 2.05) is 29.8 Å². The van der Waals surface area contributed by atoms with Crippen molar-refractivity contribution < 1.29 is 17.7 Å². The van der Waals surface area contributed by atoms with Crippen LogP contribution in [0, 0.1) is 0 Å². The Hall–Kier alpha value is -2.33. The molecule has 1 aromatic heterocycles. The fourth-order valence-electron chi connectivity index (χ4n) is 4.09. The van der Waals surface area contributed by atoms with Crippen LogP contribution < -0.4 is 9.47 Å². The van der Waals surface area contributed by atoms with Crippen LogP contribution in [0.15, 0.2) is 86.2 Å². The van der Waals surface area contributed by atoms with Gasteiger partial charge in [-0.2, -0.15) is 17.7 Å². The van der Waals surface area contributed by atoms with Crippen LogP contribution in [-0.2, 0) is 12.7 Å². The Morgan fingerprint density at radius 1 is 1.11 bits per heavy atom. The van der Waals surface area contributed by atoms with Gasteiger partial charge in [0.1, 0.15) is 0 Å². The number of hydrogen-bond acceptors (Lipinski definition) is 5. The number of thiazole rings is 1. The molecule has 3 heterocycles. The topological polar surface area (TPSA) is 10.4 Å². The van der Waals surface area contributed by atoms with Crippen LogP contribution in [0.2, 0.25) is 5.02 Å². The molecule has 0 saturated carbocycles. The summed E-state index contributed by atoms with van der Waals surface area (Å²) in [5.41, 5.74) is 2.24. The van der Waals surface area contributed by atoms with E-state index in [1.165, 1.54) is 12.1 Å². The number of thioether (sulfide) groups is 2. The molecule has 0 radical (unpaired) electrons. The maximum absolute atomic E-state index is 12.9. The van der Waals surface area contributed by atoms with Gasteiger partial charge in [-0.1, -0.05) is 65.2 Å². The number of alkyl halides is 3. The number of rotatable bonds is 4. The Morgan fingerprint density at radius 2 is 1.86 bits per heavy atom. The number of benzene rings is 2. The molecule has 0 spiro atoms. The van der Waals surface area contributed by atoms with Gasteiger partial charge in [-0.3, -0.25) is 0 Å². The smallest absolute Gasteiger partial charge is 0.337 e. The highest BCUT2D eigenvalue weighted by Crippen LogP contribution is 2.54. The summed E-state index contributed by atoms with van der Waals surface area (Å²) in [6, 6.07) is 11.3. The molecule has 0 amide bonds. The normalized spacial score (nSPS) is 19.1. The zero-order chi connectivity index (χ0) is 25.6. The summed E-state index contributed by atoms with van der Waals surface area (Å²) in [5, 5.41) is 5.90. The quantitative estimate of drug-likeness (QED) is 0.297. The number of likely N-dealkylation sites (N-methyl/N-ethyl adjacent to an activating group) is 1. The Morgan fingerprint density at radius 3 is 2.56 bits per heavy atom. The lowest BCUT2D eigenvalue weighted by Gasteiger charge is -2.18. The molecule has 2 aromatic carbocycles. The zero-order valence-corrected chi connectivity index (χ0v) is 22.7. The number of fused-ring (bicyclic) bond motifs is 1. The van der Waals surface area contributed by atoms with Crippen LogP contribution in [0.4, 0.5) is 18.9 Å². The van der Waals surface area contributed by atoms with E-state index >= 15 is 0 Å². The van der Waals surface area contributed by atoms with Crippen molar-refractivity contribution in [1.82, 2.24) is 4.90 Å². The minimum Gasteiger partial charge on any atom is -0.337 e. The van der Waals surface area contributed by atoms with Crippen LogP contribution in [0.5, 0.6) is 0 Å². The SMILES string of the molecule is C=C1/C(=C2\Sc3cc(Cl)ccc3N2C)S/C(=C\c2scc[n+]2Cc2ccc(C(F)(F)F)cc2)N1CC. The number of aromatic nitrogens is 1. The highest BCUT2D eigenvalue weighted by Gasteiger charge is 2.34. The van der Waals surface area contributed by atoms with E-state index in [9.17, 15) is 13.2 Å². The lowest BCUT2D eigenvalue weighted by molar-refractivity contribution is -0.685. The van der Waals surface area contributed by atoms with Gasteiger partial charge in [0.15, 0.2) is 12.7 Å². The van der Waals surface area contributed by atoms with Crippen LogP contribution in [0.25, 0.3) is 6.08 Å². The molecular formula is C26H22ClF3N3S3+. The third-order valence-electron chi connectivity index (χ3n) is 5.96. The van der Waals surface area contributed by atoms with Gasteiger partial charge in [-0.25, -0.2) is 0 Å². The first kappa shape index (κ1) is 25.3. The molecule has 0 N–H and O–H groups in total. The molecule has 36 heavy (non-hydrogen) atoms. The van der Waals surface area contributed by atoms with E-state index in [0.717, 1.165) is 60.5 Å². The highest BCUT2D eigenvalue weighted by molar-refractivity contribution is 8.09. The second-order valence-corrected chi connectivity index (χ2v) is 11.7. The first-order chi connectivity index (χ1) is 17.2. The van der Waals surface area contributed by atoms with Crippen LogP contribution >= 0.6 is 46.5 Å². The Labute approximate surface area is 225 Å². The van der Waals surface area contributed by atoms with Crippen molar-refractivity contribution in [2.45, 2.75) is 24.5 Å². The highest BCUT2D eigenvalue weighted by atomic mass is 35.5. The summed E-state index contributed by atoms with van der Waals surface area (Å²) in [7, 11) is 2.05. The molecule has 0 aliphatic carbocycles. The van der Waals surface area contributed by atoms with Gasteiger partial charge >= 0.3 is 6.18 Å². The van der Waals surface area contributed by atoms with Crippen LogP contribution in [-0.4, -0.2) is 18.5 Å². The van der Waals surface area contributed by atoms with Crippen molar-refractivity contribution >= 4 is 58.2 Å².